The first-order valence-corrected chi connectivity index (χ1v) is 5.72. The Kier molecular flexibility index (Phi) is 3.73. The van der Waals surface area contributed by atoms with E-state index in [0.717, 1.165) is 7.11 Å². The van der Waals surface area contributed by atoms with E-state index in [2.05, 4.69) is 4.74 Å². The molecule has 0 aliphatic rings. The number of nitrogens with one attached hydrogen (secondary N) is 1. The average Bonchev–Trinajstić information content (AvgIpc) is 2.28. The summed E-state index contributed by atoms with van der Waals surface area (Å²) in [6.45, 7) is 0. The summed E-state index contributed by atoms with van der Waals surface area (Å²) in [5.41, 5.74) is 0. The van der Waals surface area contributed by atoms with E-state index in [9.17, 15) is 13.2 Å². The Morgan fingerprint density at radius 1 is 1.19 bits per heavy atom. The third-order valence-electron chi connectivity index (χ3n) is 1.77. The first kappa shape index (κ1) is 12.3. The lowest BCUT2D eigenvalue weighted by Gasteiger charge is -2.06. The largest absolute Gasteiger partial charge is 0.497 e. The molecule has 0 fully saturated rings. The summed E-state index contributed by atoms with van der Waals surface area (Å²) in [5.74, 6) is 0.525. The van der Waals surface area contributed by atoms with E-state index in [1.165, 1.54) is 31.4 Å². The Hall–Kier alpha value is -1.76. The van der Waals surface area contributed by atoms with Crippen LogP contribution >= 0.6 is 0 Å². The van der Waals surface area contributed by atoms with Crippen LogP contribution in [0.4, 0.5) is 4.79 Å². The molecule has 7 heteroatoms. The fourth-order valence-corrected chi connectivity index (χ4v) is 1.88. The van der Waals surface area contributed by atoms with Gasteiger partial charge in [-0.1, -0.05) is 0 Å². The van der Waals surface area contributed by atoms with Gasteiger partial charge in [-0.3, -0.25) is 0 Å². The molecule has 1 amide bonds. The highest BCUT2D eigenvalue weighted by Crippen LogP contribution is 2.15. The van der Waals surface area contributed by atoms with E-state index in [0.29, 0.717) is 5.75 Å². The van der Waals surface area contributed by atoms with Crippen molar-refractivity contribution in [3.63, 3.8) is 0 Å². The number of carbonyl (C=O) groups excluding carboxylic acids is 1. The van der Waals surface area contributed by atoms with Crippen molar-refractivity contribution in [1.29, 1.82) is 0 Å². The van der Waals surface area contributed by atoms with Gasteiger partial charge in [0.2, 0.25) is 0 Å². The van der Waals surface area contributed by atoms with Crippen LogP contribution in [0.1, 0.15) is 0 Å². The third kappa shape index (κ3) is 2.86. The summed E-state index contributed by atoms with van der Waals surface area (Å²) in [4.78, 5) is 10.7. The van der Waals surface area contributed by atoms with Crippen LogP contribution in [-0.4, -0.2) is 28.7 Å². The SMILES string of the molecule is COC(=O)NS(=O)(=O)c1ccc(OC)cc1. The number of benzene rings is 1. The van der Waals surface area contributed by atoms with Crippen molar-refractivity contribution >= 4 is 16.1 Å². The normalized spacial score (nSPS) is 10.6. The zero-order valence-electron chi connectivity index (χ0n) is 8.76. The molecule has 88 valence electrons. The van der Waals surface area contributed by atoms with Gasteiger partial charge in [-0.25, -0.2) is 17.9 Å². The van der Waals surface area contributed by atoms with Crippen molar-refractivity contribution in [2.24, 2.45) is 0 Å². The zero-order chi connectivity index (χ0) is 12.2. The molecule has 1 aromatic rings. The maximum atomic E-state index is 11.5. The standard InChI is InChI=1S/C9H11NO5S/c1-14-7-3-5-8(6-4-7)16(12,13)10-9(11)15-2/h3-6H,1-2H3,(H,10,11). The summed E-state index contributed by atoms with van der Waals surface area (Å²) < 4.78 is 33.9. The molecule has 16 heavy (non-hydrogen) atoms. The quantitative estimate of drug-likeness (QED) is 0.849. The molecule has 0 saturated carbocycles. The Labute approximate surface area is 93.2 Å². The second kappa shape index (κ2) is 4.84. The Morgan fingerprint density at radius 3 is 2.19 bits per heavy atom. The van der Waals surface area contributed by atoms with Crippen LogP contribution in [0.2, 0.25) is 0 Å². The number of amides is 1. The molecule has 0 atom stereocenters. The highest BCUT2D eigenvalue weighted by molar-refractivity contribution is 7.90. The second-order valence-corrected chi connectivity index (χ2v) is 4.46. The van der Waals surface area contributed by atoms with Crippen LogP contribution in [0, 0.1) is 0 Å². The van der Waals surface area contributed by atoms with Crippen molar-refractivity contribution < 1.29 is 22.7 Å². The van der Waals surface area contributed by atoms with Crippen molar-refractivity contribution in [3.8, 4) is 5.75 Å². The molecule has 1 aromatic carbocycles. The van der Waals surface area contributed by atoms with Crippen LogP contribution in [0.15, 0.2) is 29.2 Å². The minimum Gasteiger partial charge on any atom is -0.497 e. The van der Waals surface area contributed by atoms with Crippen LogP contribution in [0.3, 0.4) is 0 Å². The highest BCUT2D eigenvalue weighted by atomic mass is 32.2. The molecule has 6 nitrogen and oxygen atoms in total. The number of carbonyl (C=O) groups is 1. The van der Waals surface area contributed by atoms with Gasteiger partial charge >= 0.3 is 6.09 Å². The Balaban J connectivity index is 2.94. The van der Waals surface area contributed by atoms with E-state index in [1.807, 2.05) is 0 Å². The van der Waals surface area contributed by atoms with Crippen LogP contribution in [0.5, 0.6) is 5.75 Å². The number of rotatable bonds is 3. The Bertz CT molecular complexity index is 465. The number of hydrogen-bond donors (Lipinski definition) is 1. The zero-order valence-corrected chi connectivity index (χ0v) is 9.58. The van der Waals surface area contributed by atoms with Crippen LogP contribution in [0.25, 0.3) is 0 Å². The fourth-order valence-electron chi connectivity index (χ4n) is 0.965. The van der Waals surface area contributed by atoms with E-state index < -0.39 is 16.1 Å². The molecule has 1 rings (SSSR count). The Morgan fingerprint density at radius 2 is 1.75 bits per heavy atom. The lowest BCUT2D eigenvalue weighted by molar-refractivity contribution is 0.177. The van der Waals surface area contributed by atoms with E-state index in [-0.39, 0.29) is 4.90 Å². The minimum atomic E-state index is -3.88. The van der Waals surface area contributed by atoms with Gasteiger partial charge in [0.1, 0.15) is 5.75 Å². The van der Waals surface area contributed by atoms with Crippen LogP contribution in [-0.2, 0) is 14.8 Å². The molecule has 0 radical (unpaired) electrons. The van der Waals surface area contributed by atoms with Gasteiger partial charge in [-0.15, -0.1) is 0 Å². The molecule has 0 spiro atoms. The summed E-state index contributed by atoms with van der Waals surface area (Å²) in [6.07, 6.45) is -1.03. The molecule has 0 unspecified atom stereocenters. The van der Waals surface area contributed by atoms with E-state index in [1.54, 1.807) is 4.72 Å². The molecule has 0 heterocycles. The maximum absolute atomic E-state index is 11.5. The lowest BCUT2D eigenvalue weighted by Crippen LogP contribution is -2.30. The van der Waals surface area contributed by atoms with Crippen molar-refractivity contribution in [2.75, 3.05) is 14.2 Å². The first-order valence-electron chi connectivity index (χ1n) is 4.24. The summed E-state index contributed by atoms with van der Waals surface area (Å²) in [7, 11) is -1.33. The smallest absolute Gasteiger partial charge is 0.420 e. The molecule has 0 saturated heterocycles. The first-order chi connectivity index (χ1) is 7.49. The molecule has 0 bridgehead atoms. The van der Waals surface area contributed by atoms with Gasteiger partial charge < -0.3 is 9.47 Å². The molecular weight excluding hydrogens is 234 g/mol. The molecule has 1 N–H and O–H groups in total. The topological polar surface area (TPSA) is 81.7 Å². The van der Waals surface area contributed by atoms with Gasteiger partial charge in [0.05, 0.1) is 19.1 Å². The fraction of sp³-hybridized carbons (Fsp3) is 0.222. The van der Waals surface area contributed by atoms with Crippen molar-refractivity contribution in [1.82, 2.24) is 4.72 Å². The lowest BCUT2D eigenvalue weighted by atomic mass is 10.3. The monoisotopic (exact) mass is 245 g/mol. The third-order valence-corrected chi connectivity index (χ3v) is 3.10. The van der Waals surface area contributed by atoms with E-state index in [4.69, 9.17) is 4.74 Å². The van der Waals surface area contributed by atoms with Gasteiger partial charge in [-0.2, -0.15) is 0 Å². The van der Waals surface area contributed by atoms with Gasteiger partial charge in [0.25, 0.3) is 10.0 Å². The summed E-state index contributed by atoms with van der Waals surface area (Å²) >= 11 is 0. The average molecular weight is 245 g/mol. The maximum Gasteiger partial charge on any atom is 0.420 e. The van der Waals surface area contributed by atoms with Gasteiger partial charge in [0.15, 0.2) is 0 Å². The van der Waals surface area contributed by atoms with E-state index >= 15 is 0 Å². The molecule has 0 aliphatic carbocycles. The van der Waals surface area contributed by atoms with Crippen molar-refractivity contribution in [3.05, 3.63) is 24.3 Å². The number of hydrogen-bond acceptors (Lipinski definition) is 5. The number of methoxy groups -OCH3 is 2. The van der Waals surface area contributed by atoms with Gasteiger partial charge in [0, 0.05) is 0 Å². The molecular formula is C9H11NO5S. The highest BCUT2D eigenvalue weighted by Gasteiger charge is 2.17. The van der Waals surface area contributed by atoms with Crippen molar-refractivity contribution in [2.45, 2.75) is 4.90 Å². The number of sulfonamides is 1. The predicted molar refractivity (Wildman–Crippen MR) is 55.7 cm³/mol. The predicted octanol–water partition coefficient (Wildman–Crippen LogP) is 0.740. The minimum absolute atomic E-state index is 0.0429. The molecule has 0 aliphatic heterocycles. The van der Waals surface area contributed by atoms with Crippen LogP contribution < -0.4 is 9.46 Å². The second-order valence-electron chi connectivity index (χ2n) is 2.77. The van der Waals surface area contributed by atoms with Gasteiger partial charge in [-0.05, 0) is 24.3 Å². The summed E-state index contributed by atoms with van der Waals surface area (Å²) in [6, 6.07) is 5.60. The number of ether oxygens (including phenoxy) is 2. The molecule has 0 aromatic heterocycles. The summed E-state index contributed by atoms with van der Waals surface area (Å²) in [5, 5.41) is 0.